The molecule has 3 rings (SSSR count). The molecule has 1 saturated carbocycles. The highest BCUT2D eigenvalue weighted by Crippen LogP contribution is 2.35. The number of aromatic nitrogens is 1. The average Bonchev–Trinajstić information content (AvgIpc) is 3.20. The Morgan fingerprint density at radius 2 is 2.25 bits per heavy atom. The number of nitrogens with zero attached hydrogens (tertiary/aromatic N) is 3. The van der Waals surface area contributed by atoms with E-state index >= 15 is 0 Å². The molecule has 1 aromatic heterocycles. The molecule has 1 aliphatic carbocycles. The Morgan fingerprint density at radius 3 is 2.90 bits per heavy atom. The number of carbonyl (C=O) groups is 1. The standard InChI is InChI=1S/C14H21N3O2S/c1-19-12(11-3-4-11)13(18)16-6-2-7-17(9-8-16)14-15-5-10-20-14/h5,10-12H,2-4,6-9H2,1H3. The van der Waals surface area contributed by atoms with Crippen molar-refractivity contribution >= 4 is 22.4 Å². The molecule has 20 heavy (non-hydrogen) atoms. The van der Waals surface area contributed by atoms with Gasteiger partial charge in [-0.05, 0) is 25.2 Å². The summed E-state index contributed by atoms with van der Waals surface area (Å²) < 4.78 is 5.41. The van der Waals surface area contributed by atoms with E-state index in [2.05, 4.69) is 9.88 Å². The van der Waals surface area contributed by atoms with E-state index in [0.29, 0.717) is 5.92 Å². The lowest BCUT2D eigenvalue weighted by molar-refractivity contribution is -0.143. The highest BCUT2D eigenvalue weighted by molar-refractivity contribution is 7.13. The van der Waals surface area contributed by atoms with E-state index in [-0.39, 0.29) is 12.0 Å². The molecule has 110 valence electrons. The topological polar surface area (TPSA) is 45.7 Å². The normalized spacial score (nSPS) is 21.6. The molecule has 2 heterocycles. The first-order valence-corrected chi connectivity index (χ1v) is 8.13. The molecule has 1 saturated heterocycles. The van der Waals surface area contributed by atoms with Gasteiger partial charge < -0.3 is 14.5 Å². The maximum atomic E-state index is 12.5. The predicted octanol–water partition coefficient (Wildman–Crippen LogP) is 1.61. The number of hydrogen-bond donors (Lipinski definition) is 0. The maximum Gasteiger partial charge on any atom is 0.252 e. The van der Waals surface area contributed by atoms with E-state index in [1.54, 1.807) is 18.4 Å². The van der Waals surface area contributed by atoms with Gasteiger partial charge in [-0.15, -0.1) is 11.3 Å². The van der Waals surface area contributed by atoms with E-state index in [4.69, 9.17) is 4.74 Å². The number of carbonyl (C=O) groups excluding carboxylic acids is 1. The summed E-state index contributed by atoms with van der Waals surface area (Å²) in [5, 5.41) is 3.06. The van der Waals surface area contributed by atoms with E-state index in [0.717, 1.165) is 50.6 Å². The lowest BCUT2D eigenvalue weighted by Gasteiger charge is -2.25. The summed E-state index contributed by atoms with van der Waals surface area (Å²) in [6.45, 7) is 3.43. The van der Waals surface area contributed by atoms with Crippen LogP contribution >= 0.6 is 11.3 Å². The number of ether oxygens (including phenoxy) is 1. The van der Waals surface area contributed by atoms with Crippen LogP contribution in [0.4, 0.5) is 5.13 Å². The zero-order chi connectivity index (χ0) is 13.9. The Hall–Kier alpha value is -1.14. The molecule has 0 aromatic carbocycles. The van der Waals surface area contributed by atoms with Gasteiger partial charge in [0.25, 0.3) is 5.91 Å². The van der Waals surface area contributed by atoms with Crippen LogP contribution in [0.3, 0.4) is 0 Å². The van der Waals surface area contributed by atoms with Gasteiger partial charge in [0.15, 0.2) is 5.13 Å². The van der Waals surface area contributed by atoms with Crippen LogP contribution in [-0.4, -0.2) is 55.2 Å². The van der Waals surface area contributed by atoms with E-state index in [1.165, 1.54) is 0 Å². The van der Waals surface area contributed by atoms with Gasteiger partial charge in [-0.1, -0.05) is 0 Å². The first-order chi connectivity index (χ1) is 9.79. The van der Waals surface area contributed by atoms with E-state index < -0.39 is 0 Å². The molecule has 5 nitrogen and oxygen atoms in total. The molecule has 0 N–H and O–H groups in total. The van der Waals surface area contributed by atoms with Gasteiger partial charge in [0.1, 0.15) is 6.10 Å². The van der Waals surface area contributed by atoms with Gasteiger partial charge in [-0.25, -0.2) is 4.98 Å². The molecule has 1 aliphatic heterocycles. The summed E-state index contributed by atoms with van der Waals surface area (Å²) in [5.41, 5.74) is 0. The second-order valence-electron chi connectivity index (χ2n) is 5.47. The minimum absolute atomic E-state index is 0.177. The van der Waals surface area contributed by atoms with Gasteiger partial charge in [-0.3, -0.25) is 4.79 Å². The van der Waals surface area contributed by atoms with Gasteiger partial charge >= 0.3 is 0 Å². The smallest absolute Gasteiger partial charge is 0.252 e. The maximum absolute atomic E-state index is 12.5. The van der Waals surface area contributed by atoms with Crippen LogP contribution in [0.2, 0.25) is 0 Å². The fourth-order valence-electron chi connectivity index (χ4n) is 2.78. The SMILES string of the molecule is COC(C(=O)N1CCCN(c2nccs2)CC1)C1CC1. The van der Waals surface area contributed by atoms with Crippen molar-refractivity contribution in [2.75, 3.05) is 38.2 Å². The Labute approximate surface area is 123 Å². The first kappa shape index (κ1) is 13.8. The van der Waals surface area contributed by atoms with Crippen molar-refractivity contribution in [3.8, 4) is 0 Å². The zero-order valence-corrected chi connectivity index (χ0v) is 12.6. The highest BCUT2D eigenvalue weighted by Gasteiger charge is 2.38. The van der Waals surface area contributed by atoms with E-state index in [9.17, 15) is 4.79 Å². The van der Waals surface area contributed by atoms with Crippen molar-refractivity contribution in [3.05, 3.63) is 11.6 Å². The largest absolute Gasteiger partial charge is 0.371 e. The molecule has 2 fully saturated rings. The number of rotatable bonds is 4. The third kappa shape index (κ3) is 2.96. The Balaban J connectivity index is 1.60. The van der Waals surface area contributed by atoms with Crippen LogP contribution in [0.25, 0.3) is 0 Å². The third-order valence-electron chi connectivity index (χ3n) is 4.04. The van der Waals surface area contributed by atoms with Crippen LogP contribution in [0.15, 0.2) is 11.6 Å². The predicted molar refractivity (Wildman–Crippen MR) is 79.0 cm³/mol. The monoisotopic (exact) mass is 295 g/mol. The quantitative estimate of drug-likeness (QED) is 0.846. The van der Waals surface area contributed by atoms with Crippen molar-refractivity contribution in [3.63, 3.8) is 0 Å². The summed E-state index contributed by atoms with van der Waals surface area (Å²) in [5.74, 6) is 0.627. The highest BCUT2D eigenvalue weighted by atomic mass is 32.1. The van der Waals surface area contributed by atoms with Gasteiger partial charge in [0, 0.05) is 44.9 Å². The van der Waals surface area contributed by atoms with Crippen molar-refractivity contribution in [2.45, 2.75) is 25.4 Å². The Kier molecular flexibility index (Phi) is 4.21. The molecule has 1 aromatic rings. The van der Waals surface area contributed by atoms with Gasteiger partial charge in [0.05, 0.1) is 0 Å². The molecule has 0 radical (unpaired) electrons. The van der Waals surface area contributed by atoms with Crippen molar-refractivity contribution in [1.29, 1.82) is 0 Å². The van der Waals surface area contributed by atoms with Crippen LogP contribution in [0.5, 0.6) is 0 Å². The fourth-order valence-corrected chi connectivity index (χ4v) is 3.47. The lowest BCUT2D eigenvalue weighted by Crippen LogP contribution is -2.43. The lowest BCUT2D eigenvalue weighted by atomic mass is 10.2. The number of anilines is 1. The molecule has 6 heteroatoms. The molecule has 1 unspecified atom stereocenters. The molecule has 0 bridgehead atoms. The summed E-state index contributed by atoms with van der Waals surface area (Å²) in [6, 6.07) is 0. The first-order valence-electron chi connectivity index (χ1n) is 7.25. The Bertz CT molecular complexity index is 447. The van der Waals surface area contributed by atoms with Gasteiger partial charge in [0.2, 0.25) is 0 Å². The van der Waals surface area contributed by atoms with Crippen LogP contribution in [0.1, 0.15) is 19.3 Å². The number of amides is 1. The zero-order valence-electron chi connectivity index (χ0n) is 11.8. The van der Waals surface area contributed by atoms with Crippen LogP contribution < -0.4 is 4.90 Å². The number of thiazole rings is 1. The second kappa shape index (κ2) is 6.10. The molecule has 1 amide bonds. The third-order valence-corrected chi connectivity index (χ3v) is 4.88. The Morgan fingerprint density at radius 1 is 1.40 bits per heavy atom. The molecule has 0 spiro atoms. The summed E-state index contributed by atoms with van der Waals surface area (Å²) in [6.07, 6.45) is 4.86. The number of methoxy groups -OCH3 is 1. The van der Waals surface area contributed by atoms with Gasteiger partial charge in [-0.2, -0.15) is 0 Å². The van der Waals surface area contributed by atoms with Crippen molar-refractivity contribution in [1.82, 2.24) is 9.88 Å². The molecule has 1 atom stereocenters. The molecular formula is C14H21N3O2S. The van der Waals surface area contributed by atoms with Crippen molar-refractivity contribution in [2.24, 2.45) is 5.92 Å². The summed E-state index contributed by atoms with van der Waals surface area (Å²) >= 11 is 1.66. The van der Waals surface area contributed by atoms with Crippen molar-refractivity contribution < 1.29 is 9.53 Å². The number of hydrogen-bond acceptors (Lipinski definition) is 5. The van der Waals surface area contributed by atoms with Crippen LogP contribution in [-0.2, 0) is 9.53 Å². The second-order valence-corrected chi connectivity index (χ2v) is 6.35. The molecule has 2 aliphatic rings. The molecular weight excluding hydrogens is 274 g/mol. The fraction of sp³-hybridized carbons (Fsp3) is 0.714. The average molecular weight is 295 g/mol. The summed E-state index contributed by atoms with van der Waals surface area (Å²) in [4.78, 5) is 21.1. The van der Waals surface area contributed by atoms with E-state index in [1.807, 2.05) is 16.5 Å². The van der Waals surface area contributed by atoms with Crippen LogP contribution in [0, 0.1) is 5.92 Å². The summed E-state index contributed by atoms with van der Waals surface area (Å²) in [7, 11) is 1.65. The minimum Gasteiger partial charge on any atom is -0.371 e. The minimum atomic E-state index is -0.221.